The van der Waals surface area contributed by atoms with E-state index < -0.39 is 0 Å². The first-order chi connectivity index (χ1) is 13.1. The number of nitrogens with zero attached hydrogens (tertiary/aromatic N) is 4. The van der Waals surface area contributed by atoms with E-state index in [1.807, 2.05) is 4.90 Å². The van der Waals surface area contributed by atoms with Crippen LogP contribution in [-0.2, 0) is 9.53 Å². The van der Waals surface area contributed by atoms with E-state index >= 15 is 0 Å². The van der Waals surface area contributed by atoms with Gasteiger partial charge >= 0.3 is 0 Å². The molecule has 2 fully saturated rings. The average molecular weight is 379 g/mol. The van der Waals surface area contributed by atoms with Gasteiger partial charge in [-0.1, -0.05) is 5.16 Å². The summed E-state index contributed by atoms with van der Waals surface area (Å²) in [5, 5.41) is 10.4. The zero-order valence-corrected chi connectivity index (χ0v) is 16.1. The van der Waals surface area contributed by atoms with Crippen LogP contribution in [0.5, 0.6) is 0 Å². The summed E-state index contributed by atoms with van der Waals surface area (Å²) in [7, 11) is 1.63. The Morgan fingerprint density at radius 2 is 2.00 bits per heavy atom. The van der Waals surface area contributed by atoms with Crippen molar-refractivity contribution in [3.05, 3.63) is 11.4 Å². The molecule has 0 radical (unpaired) electrons. The van der Waals surface area contributed by atoms with E-state index in [1.54, 1.807) is 14.0 Å². The first-order valence-corrected chi connectivity index (χ1v) is 9.69. The van der Waals surface area contributed by atoms with E-state index in [0.717, 1.165) is 38.8 Å². The smallest absolute Gasteiger partial charge is 0.278 e. The van der Waals surface area contributed by atoms with Crippen molar-refractivity contribution in [2.24, 2.45) is 5.92 Å². The quantitative estimate of drug-likeness (QED) is 0.717. The maximum atomic E-state index is 12.5. The third-order valence-electron chi connectivity index (χ3n) is 5.55. The number of hydrogen-bond acceptors (Lipinski definition) is 7. The van der Waals surface area contributed by atoms with E-state index in [1.165, 1.54) is 0 Å². The number of nitrogens with one attached hydrogen (secondary N) is 1. The lowest BCUT2D eigenvalue weighted by Crippen LogP contribution is -2.51. The van der Waals surface area contributed by atoms with Gasteiger partial charge in [-0.3, -0.25) is 14.5 Å². The van der Waals surface area contributed by atoms with Crippen LogP contribution >= 0.6 is 0 Å². The molecule has 0 bridgehead atoms. The number of methoxy groups -OCH3 is 1. The van der Waals surface area contributed by atoms with Crippen molar-refractivity contribution in [2.45, 2.75) is 38.6 Å². The van der Waals surface area contributed by atoms with E-state index in [0.29, 0.717) is 43.7 Å². The standard InChI is InChI=1S/C18H29N5O4/c1-13-16(21-27-20-13)18(25)22-9-5-15(6-10-22)23-8-3-4-14(12-23)17(24)19-7-11-26-2/h14-15H,3-12H2,1-2H3,(H,19,24). The Morgan fingerprint density at radius 1 is 1.22 bits per heavy atom. The molecule has 2 aliphatic rings. The molecule has 1 unspecified atom stereocenters. The van der Waals surface area contributed by atoms with Crippen molar-refractivity contribution < 1.29 is 19.0 Å². The van der Waals surface area contributed by atoms with Crippen molar-refractivity contribution in [3.63, 3.8) is 0 Å². The van der Waals surface area contributed by atoms with E-state index in [2.05, 4.69) is 25.2 Å². The van der Waals surface area contributed by atoms with Crippen molar-refractivity contribution in [3.8, 4) is 0 Å². The lowest BCUT2D eigenvalue weighted by molar-refractivity contribution is -0.127. The topological polar surface area (TPSA) is 101 Å². The molecule has 0 spiro atoms. The number of ether oxygens (including phenoxy) is 1. The molecule has 9 heteroatoms. The van der Waals surface area contributed by atoms with Gasteiger partial charge in [0.05, 0.1) is 12.5 Å². The fourth-order valence-electron chi connectivity index (χ4n) is 3.98. The minimum atomic E-state index is -0.110. The summed E-state index contributed by atoms with van der Waals surface area (Å²) in [4.78, 5) is 29.1. The zero-order chi connectivity index (χ0) is 19.2. The van der Waals surface area contributed by atoms with Gasteiger partial charge in [-0.25, -0.2) is 4.63 Å². The van der Waals surface area contributed by atoms with E-state index in [-0.39, 0.29) is 17.7 Å². The molecular formula is C18H29N5O4. The second-order valence-corrected chi connectivity index (χ2v) is 7.34. The molecule has 2 saturated heterocycles. The molecule has 3 rings (SSSR count). The van der Waals surface area contributed by atoms with Crippen LogP contribution < -0.4 is 5.32 Å². The number of aryl methyl sites for hydroxylation is 1. The van der Waals surface area contributed by atoms with Gasteiger partial charge in [-0.15, -0.1) is 0 Å². The molecular weight excluding hydrogens is 350 g/mol. The van der Waals surface area contributed by atoms with Gasteiger partial charge in [0.15, 0.2) is 5.69 Å². The molecule has 0 aliphatic carbocycles. The van der Waals surface area contributed by atoms with Crippen LogP contribution in [0, 0.1) is 12.8 Å². The van der Waals surface area contributed by atoms with Crippen molar-refractivity contribution in [2.75, 3.05) is 46.4 Å². The van der Waals surface area contributed by atoms with Gasteiger partial charge in [0.25, 0.3) is 5.91 Å². The second kappa shape index (κ2) is 9.27. The Kier molecular flexibility index (Phi) is 6.78. The SMILES string of the molecule is COCCNC(=O)C1CCCN(C2CCN(C(=O)c3nonc3C)CC2)C1. The number of aromatic nitrogens is 2. The number of carbonyl (C=O) groups excluding carboxylic acids is 2. The Bertz CT molecular complexity index is 641. The summed E-state index contributed by atoms with van der Waals surface area (Å²) < 4.78 is 9.63. The highest BCUT2D eigenvalue weighted by Crippen LogP contribution is 2.24. The summed E-state index contributed by atoms with van der Waals surface area (Å²) in [6, 6.07) is 0.417. The summed E-state index contributed by atoms with van der Waals surface area (Å²) in [6.45, 7) is 6.02. The normalized spacial score (nSPS) is 22.0. The van der Waals surface area contributed by atoms with Gasteiger partial charge < -0.3 is 15.0 Å². The number of piperidine rings is 2. The molecule has 0 saturated carbocycles. The molecule has 1 aromatic rings. The lowest BCUT2D eigenvalue weighted by atomic mass is 9.93. The van der Waals surface area contributed by atoms with Crippen LogP contribution in [0.4, 0.5) is 0 Å². The average Bonchev–Trinajstić information content (AvgIpc) is 3.13. The van der Waals surface area contributed by atoms with Crippen LogP contribution in [0.2, 0.25) is 0 Å². The Hall–Kier alpha value is -2.00. The van der Waals surface area contributed by atoms with Gasteiger partial charge in [0.1, 0.15) is 5.69 Å². The van der Waals surface area contributed by atoms with Crippen LogP contribution in [-0.4, -0.2) is 84.4 Å². The number of amides is 2. The Labute approximate surface area is 159 Å². The molecule has 1 aromatic heterocycles. The van der Waals surface area contributed by atoms with Crippen LogP contribution in [0.15, 0.2) is 4.63 Å². The molecule has 27 heavy (non-hydrogen) atoms. The summed E-state index contributed by atoms with van der Waals surface area (Å²) in [6.07, 6.45) is 3.79. The summed E-state index contributed by atoms with van der Waals surface area (Å²) >= 11 is 0. The number of likely N-dealkylation sites (tertiary alicyclic amines) is 2. The van der Waals surface area contributed by atoms with Gasteiger partial charge in [-0.05, 0) is 44.3 Å². The van der Waals surface area contributed by atoms with Crippen molar-refractivity contribution >= 4 is 11.8 Å². The van der Waals surface area contributed by atoms with Crippen LogP contribution in [0.25, 0.3) is 0 Å². The largest absolute Gasteiger partial charge is 0.383 e. The first-order valence-electron chi connectivity index (χ1n) is 9.69. The first kappa shape index (κ1) is 19.8. The predicted molar refractivity (Wildman–Crippen MR) is 97.1 cm³/mol. The highest BCUT2D eigenvalue weighted by Gasteiger charge is 2.33. The fourth-order valence-corrected chi connectivity index (χ4v) is 3.98. The fraction of sp³-hybridized carbons (Fsp3) is 0.778. The lowest BCUT2D eigenvalue weighted by Gasteiger charge is -2.41. The number of rotatable bonds is 6. The van der Waals surface area contributed by atoms with E-state index in [4.69, 9.17) is 4.74 Å². The summed E-state index contributed by atoms with van der Waals surface area (Å²) in [5.41, 5.74) is 0.833. The Morgan fingerprint density at radius 3 is 2.67 bits per heavy atom. The maximum absolute atomic E-state index is 12.5. The molecule has 9 nitrogen and oxygen atoms in total. The third kappa shape index (κ3) is 4.84. The highest BCUT2D eigenvalue weighted by atomic mass is 16.6. The second-order valence-electron chi connectivity index (χ2n) is 7.34. The van der Waals surface area contributed by atoms with Crippen molar-refractivity contribution in [1.29, 1.82) is 0 Å². The van der Waals surface area contributed by atoms with Crippen LogP contribution in [0.3, 0.4) is 0 Å². The molecule has 2 aliphatic heterocycles. The summed E-state index contributed by atoms with van der Waals surface area (Å²) in [5.74, 6) is 0.0544. The molecule has 3 heterocycles. The van der Waals surface area contributed by atoms with Crippen molar-refractivity contribution in [1.82, 2.24) is 25.4 Å². The maximum Gasteiger partial charge on any atom is 0.278 e. The van der Waals surface area contributed by atoms with Gasteiger partial charge in [-0.2, -0.15) is 0 Å². The minimum absolute atomic E-state index is 0.0409. The molecule has 2 amide bonds. The number of carbonyl (C=O) groups is 2. The molecule has 150 valence electrons. The number of hydrogen-bond donors (Lipinski definition) is 1. The minimum Gasteiger partial charge on any atom is -0.383 e. The van der Waals surface area contributed by atoms with Gasteiger partial charge in [0, 0.05) is 39.3 Å². The molecule has 1 atom stereocenters. The third-order valence-corrected chi connectivity index (χ3v) is 5.55. The van der Waals surface area contributed by atoms with Gasteiger partial charge in [0.2, 0.25) is 5.91 Å². The predicted octanol–water partition coefficient (Wildman–Crippen LogP) is 0.457. The molecule has 1 N–H and O–H groups in total. The molecule has 0 aromatic carbocycles. The monoisotopic (exact) mass is 379 g/mol. The van der Waals surface area contributed by atoms with E-state index in [9.17, 15) is 9.59 Å². The van der Waals surface area contributed by atoms with Crippen LogP contribution in [0.1, 0.15) is 41.9 Å². The Balaban J connectivity index is 1.48. The zero-order valence-electron chi connectivity index (χ0n) is 16.1. The highest BCUT2D eigenvalue weighted by molar-refractivity contribution is 5.93.